The molecule has 3 aromatic rings. The molecule has 0 unspecified atom stereocenters. The average molecular weight is 349 g/mol. The molecule has 6 heteroatoms. The van der Waals surface area contributed by atoms with Gasteiger partial charge in [-0.2, -0.15) is 0 Å². The van der Waals surface area contributed by atoms with E-state index in [0.717, 1.165) is 22.4 Å². The van der Waals surface area contributed by atoms with E-state index in [1.165, 1.54) is 6.20 Å². The zero-order valence-electron chi connectivity index (χ0n) is 15.3. The van der Waals surface area contributed by atoms with Crippen molar-refractivity contribution in [2.45, 2.75) is 0 Å². The summed E-state index contributed by atoms with van der Waals surface area (Å²) in [5, 5.41) is 15.6. The Bertz CT molecular complexity index is 950. The number of carboxylic acid groups (broad SMARTS) is 1. The van der Waals surface area contributed by atoms with Gasteiger partial charge in [0.1, 0.15) is 0 Å². The van der Waals surface area contributed by atoms with Crippen LogP contribution in [-0.2, 0) is 0 Å². The van der Waals surface area contributed by atoms with Gasteiger partial charge in [0.25, 0.3) is 0 Å². The zero-order valence-corrected chi connectivity index (χ0v) is 15.3. The quantitative estimate of drug-likeness (QED) is 0.763. The molecule has 0 spiro atoms. The Morgan fingerprint density at radius 1 is 0.962 bits per heavy atom. The van der Waals surface area contributed by atoms with E-state index in [0.29, 0.717) is 11.2 Å². The number of carbonyl (C=O) groups excluding carboxylic acids is 1. The standard InChI is InChI=1S/C20H22N4O2/c1-23(2)14-7-5-13(6-8-14)22-19-16-11-15(24(3)4)9-10-18(16)21-12-17(19)20(25)26/h5-12H,1-4H3,(H,21,22)(H,25,26)/p-1. The molecule has 0 bridgehead atoms. The zero-order chi connectivity index (χ0) is 18.8. The summed E-state index contributed by atoms with van der Waals surface area (Å²) < 4.78 is 0. The van der Waals surface area contributed by atoms with Gasteiger partial charge in [-0.05, 0) is 42.5 Å². The van der Waals surface area contributed by atoms with Crippen molar-refractivity contribution < 1.29 is 9.90 Å². The molecule has 0 fully saturated rings. The number of benzene rings is 2. The van der Waals surface area contributed by atoms with Gasteiger partial charge in [0.15, 0.2) is 0 Å². The Labute approximate surface area is 152 Å². The number of aromatic carboxylic acids is 1. The van der Waals surface area contributed by atoms with E-state index in [4.69, 9.17) is 0 Å². The predicted molar refractivity (Wildman–Crippen MR) is 104 cm³/mol. The third kappa shape index (κ3) is 3.39. The molecule has 1 aromatic heterocycles. The van der Waals surface area contributed by atoms with Crippen LogP contribution >= 0.6 is 0 Å². The highest BCUT2D eigenvalue weighted by atomic mass is 16.4. The Hall–Kier alpha value is -3.28. The van der Waals surface area contributed by atoms with Gasteiger partial charge in [0.2, 0.25) is 0 Å². The Morgan fingerprint density at radius 2 is 1.58 bits per heavy atom. The number of rotatable bonds is 5. The molecule has 0 amide bonds. The molecule has 26 heavy (non-hydrogen) atoms. The Morgan fingerprint density at radius 3 is 2.15 bits per heavy atom. The first-order valence-electron chi connectivity index (χ1n) is 8.22. The summed E-state index contributed by atoms with van der Waals surface area (Å²) in [5.41, 5.74) is 4.04. The smallest absolute Gasteiger partial charge is 0.0752 e. The number of hydrogen-bond acceptors (Lipinski definition) is 6. The van der Waals surface area contributed by atoms with Crippen molar-refractivity contribution >= 4 is 39.6 Å². The fourth-order valence-electron chi connectivity index (χ4n) is 2.74. The van der Waals surface area contributed by atoms with Crippen LogP contribution in [0.15, 0.2) is 48.7 Å². The minimum Gasteiger partial charge on any atom is -0.545 e. The Balaban J connectivity index is 2.13. The van der Waals surface area contributed by atoms with Crippen molar-refractivity contribution in [3.63, 3.8) is 0 Å². The summed E-state index contributed by atoms with van der Waals surface area (Å²) in [4.78, 5) is 19.8. The lowest BCUT2D eigenvalue weighted by molar-refractivity contribution is -0.254. The van der Waals surface area contributed by atoms with Crippen LogP contribution in [0.1, 0.15) is 10.4 Å². The number of carbonyl (C=O) groups is 1. The lowest BCUT2D eigenvalue weighted by atomic mass is 10.1. The molecule has 0 saturated heterocycles. The minimum absolute atomic E-state index is 0.0325. The van der Waals surface area contributed by atoms with Crippen molar-refractivity contribution in [2.24, 2.45) is 0 Å². The van der Waals surface area contributed by atoms with E-state index in [9.17, 15) is 9.90 Å². The molecule has 1 N–H and O–H groups in total. The molecular formula is C20H21N4O2-. The number of carboxylic acids is 1. The van der Waals surface area contributed by atoms with Crippen molar-refractivity contribution in [1.29, 1.82) is 0 Å². The van der Waals surface area contributed by atoms with E-state index in [-0.39, 0.29) is 5.56 Å². The van der Waals surface area contributed by atoms with Crippen molar-refractivity contribution in [1.82, 2.24) is 4.98 Å². The molecule has 0 atom stereocenters. The second kappa shape index (κ2) is 6.92. The molecule has 0 aliphatic carbocycles. The van der Waals surface area contributed by atoms with Crippen LogP contribution < -0.4 is 20.2 Å². The van der Waals surface area contributed by atoms with Gasteiger partial charge in [-0.15, -0.1) is 0 Å². The number of fused-ring (bicyclic) bond motifs is 1. The van der Waals surface area contributed by atoms with Gasteiger partial charge < -0.3 is 25.0 Å². The van der Waals surface area contributed by atoms with Crippen LogP contribution in [0.4, 0.5) is 22.7 Å². The highest BCUT2D eigenvalue weighted by Gasteiger charge is 2.12. The van der Waals surface area contributed by atoms with E-state index in [2.05, 4.69) is 10.3 Å². The van der Waals surface area contributed by atoms with Crippen molar-refractivity contribution in [2.75, 3.05) is 43.3 Å². The number of nitrogens with zero attached hydrogens (tertiary/aromatic N) is 3. The minimum atomic E-state index is -1.26. The van der Waals surface area contributed by atoms with E-state index >= 15 is 0 Å². The third-order valence-corrected chi connectivity index (χ3v) is 4.24. The van der Waals surface area contributed by atoms with Gasteiger partial charge in [0, 0.05) is 62.4 Å². The number of hydrogen-bond donors (Lipinski definition) is 1. The topological polar surface area (TPSA) is 71.5 Å². The molecule has 0 aliphatic rings. The monoisotopic (exact) mass is 349 g/mol. The molecule has 134 valence electrons. The number of anilines is 4. The summed E-state index contributed by atoms with van der Waals surface area (Å²) in [6.07, 6.45) is 1.34. The molecule has 0 radical (unpaired) electrons. The van der Waals surface area contributed by atoms with Crippen LogP contribution in [0, 0.1) is 0 Å². The predicted octanol–water partition coefficient (Wildman–Crippen LogP) is 2.47. The maximum absolute atomic E-state index is 11.6. The van der Waals surface area contributed by atoms with E-state index in [1.54, 1.807) is 0 Å². The summed E-state index contributed by atoms with van der Waals surface area (Å²) in [5.74, 6) is -1.26. The van der Waals surface area contributed by atoms with Crippen LogP contribution in [0.2, 0.25) is 0 Å². The summed E-state index contributed by atoms with van der Waals surface area (Å²) in [6, 6.07) is 13.5. The van der Waals surface area contributed by atoms with Crippen molar-refractivity contribution in [3.05, 3.63) is 54.2 Å². The number of pyridine rings is 1. The first-order chi connectivity index (χ1) is 12.4. The molecular weight excluding hydrogens is 328 g/mol. The maximum atomic E-state index is 11.6. The number of nitrogens with one attached hydrogen (secondary N) is 1. The van der Waals surface area contributed by atoms with Crippen LogP contribution in [-0.4, -0.2) is 39.1 Å². The normalized spacial score (nSPS) is 10.6. The summed E-state index contributed by atoms with van der Waals surface area (Å²) >= 11 is 0. The molecule has 2 aromatic carbocycles. The first kappa shape index (κ1) is 17.5. The van der Waals surface area contributed by atoms with E-state index in [1.807, 2.05) is 80.5 Å². The molecule has 0 aliphatic heterocycles. The van der Waals surface area contributed by atoms with Crippen LogP contribution in [0.3, 0.4) is 0 Å². The average Bonchev–Trinajstić information content (AvgIpc) is 2.61. The lowest BCUT2D eigenvalue weighted by Crippen LogP contribution is -2.23. The summed E-state index contributed by atoms with van der Waals surface area (Å²) in [7, 11) is 7.81. The SMILES string of the molecule is CN(C)c1ccc(Nc2c(C(=O)[O-])cnc3ccc(N(C)C)cc23)cc1. The van der Waals surface area contributed by atoms with Gasteiger partial charge in [0.05, 0.1) is 17.2 Å². The first-order valence-corrected chi connectivity index (χ1v) is 8.22. The number of aromatic nitrogens is 1. The second-order valence-electron chi connectivity index (χ2n) is 6.50. The van der Waals surface area contributed by atoms with Gasteiger partial charge >= 0.3 is 0 Å². The largest absolute Gasteiger partial charge is 0.545 e. The molecule has 1 heterocycles. The van der Waals surface area contributed by atoms with Gasteiger partial charge in [-0.25, -0.2) is 0 Å². The highest BCUT2D eigenvalue weighted by molar-refractivity contribution is 6.05. The summed E-state index contributed by atoms with van der Waals surface area (Å²) in [6.45, 7) is 0. The second-order valence-corrected chi connectivity index (χ2v) is 6.50. The van der Waals surface area contributed by atoms with Gasteiger partial charge in [-0.1, -0.05) is 0 Å². The lowest BCUT2D eigenvalue weighted by Gasteiger charge is -2.19. The fraction of sp³-hybridized carbons (Fsp3) is 0.200. The highest BCUT2D eigenvalue weighted by Crippen LogP contribution is 2.32. The molecule has 3 rings (SSSR count). The molecule has 0 saturated carbocycles. The van der Waals surface area contributed by atoms with Crippen molar-refractivity contribution in [3.8, 4) is 0 Å². The van der Waals surface area contributed by atoms with Crippen LogP contribution in [0.25, 0.3) is 10.9 Å². The van der Waals surface area contributed by atoms with Gasteiger partial charge in [-0.3, -0.25) is 4.98 Å². The molecule has 6 nitrogen and oxygen atoms in total. The van der Waals surface area contributed by atoms with Crippen LogP contribution in [0.5, 0.6) is 0 Å². The Kier molecular flexibility index (Phi) is 4.67. The fourth-order valence-corrected chi connectivity index (χ4v) is 2.74. The van der Waals surface area contributed by atoms with E-state index < -0.39 is 5.97 Å². The third-order valence-electron chi connectivity index (χ3n) is 4.24. The maximum Gasteiger partial charge on any atom is 0.0752 e.